The Kier molecular flexibility index (Phi) is 5.33. The van der Waals surface area contributed by atoms with E-state index in [2.05, 4.69) is 5.32 Å². The molecule has 2 unspecified atom stereocenters. The smallest absolute Gasteiger partial charge is 0.317 e. The van der Waals surface area contributed by atoms with E-state index in [1.54, 1.807) is 4.90 Å². The fraction of sp³-hybridized carbons (Fsp3) is 0.833. The highest BCUT2D eigenvalue weighted by Gasteiger charge is 2.27. The van der Waals surface area contributed by atoms with Crippen molar-refractivity contribution in [3.63, 3.8) is 0 Å². The number of carbonyl (C=O) groups excluding carboxylic acids is 1. The van der Waals surface area contributed by atoms with Crippen molar-refractivity contribution in [3.8, 4) is 0 Å². The first-order valence-electron chi connectivity index (χ1n) is 6.61. The molecule has 6 nitrogen and oxygen atoms in total. The highest BCUT2D eigenvalue weighted by Crippen LogP contribution is 2.17. The number of carboxylic acids is 1. The molecule has 2 atom stereocenters. The maximum absolute atomic E-state index is 12.1. The lowest BCUT2D eigenvalue weighted by molar-refractivity contribution is -0.141. The normalized spacial score (nSPS) is 27.9. The maximum atomic E-state index is 12.1. The first-order chi connectivity index (χ1) is 9.15. The highest BCUT2D eigenvalue weighted by molar-refractivity contribution is 7.99. The number of rotatable bonds is 3. The zero-order valence-corrected chi connectivity index (χ0v) is 11.7. The van der Waals surface area contributed by atoms with Crippen LogP contribution in [0, 0.1) is 0 Å². The van der Waals surface area contributed by atoms with Gasteiger partial charge in [-0.25, -0.2) is 4.79 Å². The summed E-state index contributed by atoms with van der Waals surface area (Å²) in [6.07, 6.45) is 1.73. The predicted octanol–water partition coefficient (Wildman–Crippen LogP) is 0.767. The van der Waals surface area contributed by atoms with E-state index in [0.29, 0.717) is 19.7 Å². The minimum absolute atomic E-state index is 0.0525. The standard InChI is InChI=1S/C12H20N2O4S/c15-11(16)6-10-7-14(3-4-18-10)12(17)13-9-2-1-5-19-8-9/h9-10H,1-8H2,(H,13,17)(H,15,16). The van der Waals surface area contributed by atoms with E-state index < -0.39 is 12.1 Å². The van der Waals surface area contributed by atoms with Crippen LogP contribution in [0.2, 0.25) is 0 Å². The van der Waals surface area contributed by atoms with E-state index in [4.69, 9.17) is 9.84 Å². The third-order valence-electron chi connectivity index (χ3n) is 3.32. The van der Waals surface area contributed by atoms with Crippen LogP contribution in [0.25, 0.3) is 0 Å². The van der Waals surface area contributed by atoms with Crippen LogP contribution in [0.3, 0.4) is 0 Å². The number of urea groups is 1. The van der Waals surface area contributed by atoms with Gasteiger partial charge in [0.25, 0.3) is 0 Å². The van der Waals surface area contributed by atoms with Crippen LogP contribution < -0.4 is 5.32 Å². The van der Waals surface area contributed by atoms with Crippen LogP contribution in [0.15, 0.2) is 0 Å². The molecule has 2 saturated heterocycles. The van der Waals surface area contributed by atoms with Crippen LogP contribution in [0.5, 0.6) is 0 Å². The molecule has 2 heterocycles. The first-order valence-corrected chi connectivity index (χ1v) is 7.77. The van der Waals surface area contributed by atoms with Crippen molar-refractivity contribution in [2.45, 2.75) is 31.4 Å². The van der Waals surface area contributed by atoms with E-state index >= 15 is 0 Å². The number of nitrogens with zero attached hydrogens (tertiary/aromatic N) is 1. The molecule has 0 bridgehead atoms. The van der Waals surface area contributed by atoms with Gasteiger partial charge >= 0.3 is 12.0 Å². The Hall–Kier alpha value is -0.950. The number of aliphatic carboxylic acids is 1. The van der Waals surface area contributed by atoms with Gasteiger partial charge in [-0.2, -0.15) is 11.8 Å². The SMILES string of the molecule is O=C(O)CC1CN(C(=O)NC2CCCSC2)CCO1. The second-order valence-corrected chi connectivity index (χ2v) is 6.05. The highest BCUT2D eigenvalue weighted by atomic mass is 32.2. The number of carbonyl (C=O) groups is 2. The average molecular weight is 288 g/mol. The Morgan fingerprint density at radius 3 is 3.00 bits per heavy atom. The minimum Gasteiger partial charge on any atom is -0.481 e. The minimum atomic E-state index is -0.893. The molecule has 2 amide bonds. The lowest BCUT2D eigenvalue weighted by Crippen LogP contribution is -2.52. The van der Waals surface area contributed by atoms with Crippen molar-refractivity contribution in [1.29, 1.82) is 0 Å². The summed E-state index contributed by atoms with van der Waals surface area (Å²) in [5.41, 5.74) is 0. The van der Waals surface area contributed by atoms with Crippen molar-refractivity contribution in [1.82, 2.24) is 10.2 Å². The van der Waals surface area contributed by atoms with Gasteiger partial charge in [-0.15, -0.1) is 0 Å². The topological polar surface area (TPSA) is 78.9 Å². The van der Waals surface area contributed by atoms with Gasteiger partial charge in [0.15, 0.2) is 0 Å². The number of morpholine rings is 1. The molecule has 2 rings (SSSR count). The second kappa shape index (κ2) is 7.00. The van der Waals surface area contributed by atoms with Crippen LogP contribution in [0.4, 0.5) is 4.79 Å². The molecule has 0 radical (unpaired) electrons. The summed E-state index contributed by atoms with van der Waals surface area (Å²) in [6.45, 7) is 1.30. The molecule has 0 saturated carbocycles. The van der Waals surface area contributed by atoms with Gasteiger partial charge < -0.3 is 20.1 Å². The summed E-state index contributed by atoms with van der Waals surface area (Å²) in [5.74, 6) is 1.25. The Morgan fingerprint density at radius 1 is 1.47 bits per heavy atom. The van der Waals surface area contributed by atoms with Gasteiger partial charge in [0.1, 0.15) is 0 Å². The molecule has 0 aliphatic carbocycles. The average Bonchev–Trinajstić information content (AvgIpc) is 2.39. The van der Waals surface area contributed by atoms with Crippen molar-refractivity contribution in [2.75, 3.05) is 31.2 Å². The first kappa shape index (κ1) is 14.5. The Balaban J connectivity index is 1.79. The van der Waals surface area contributed by atoms with Crippen molar-refractivity contribution >= 4 is 23.8 Å². The molecule has 0 aromatic rings. The maximum Gasteiger partial charge on any atom is 0.317 e. The van der Waals surface area contributed by atoms with Crippen LogP contribution in [-0.2, 0) is 9.53 Å². The summed E-state index contributed by atoms with van der Waals surface area (Å²) in [6, 6.07) is 0.151. The number of hydrogen-bond acceptors (Lipinski definition) is 4. The molecule has 0 spiro atoms. The van der Waals surface area contributed by atoms with Crippen LogP contribution >= 0.6 is 11.8 Å². The molecule has 2 aliphatic rings. The van der Waals surface area contributed by atoms with Gasteiger partial charge in [-0.1, -0.05) is 0 Å². The van der Waals surface area contributed by atoms with Gasteiger partial charge in [0, 0.05) is 24.9 Å². The fourth-order valence-electron chi connectivity index (χ4n) is 2.34. The molecule has 7 heteroatoms. The molecule has 108 valence electrons. The van der Waals surface area contributed by atoms with E-state index in [1.807, 2.05) is 11.8 Å². The molecule has 0 aromatic heterocycles. The summed E-state index contributed by atoms with van der Waals surface area (Å²) in [7, 11) is 0. The van der Waals surface area contributed by atoms with E-state index in [1.165, 1.54) is 5.75 Å². The zero-order valence-electron chi connectivity index (χ0n) is 10.8. The van der Waals surface area contributed by atoms with Crippen molar-refractivity contribution < 1.29 is 19.4 Å². The fourth-order valence-corrected chi connectivity index (χ4v) is 3.41. The molecule has 2 N–H and O–H groups in total. The Bertz CT molecular complexity index is 334. The number of hydrogen-bond donors (Lipinski definition) is 2. The van der Waals surface area contributed by atoms with E-state index in [9.17, 15) is 9.59 Å². The molecule has 2 aliphatic heterocycles. The van der Waals surface area contributed by atoms with Crippen LogP contribution in [-0.4, -0.2) is 65.4 Å². The third-order valence-corrected chi connectivity index (χ3v) is 4.53. The quantitative estimate of drug-likeness (QED) is 0.802. The Morgan fingerprint density at radius 2 is 2.32 bits per heavy atom. The Labute approximate surface area is 116 Å². The largest absolute Gasteiger partial charge is 0.481 e. The number of ether oxygens (including phenoxy) is 1. The molecular formula is C12H20N2O4S. The molecular weight excluding hydrogens is 268 g/mol. The lowest BCUT2D eigenvalue weighted by Gasteiger charge is -2.34. The van der Waals surface area contributed by atoms with Gasteiger partial charge in [-0.3, -0.25) is 4.79 Å². The molecule has 19 heavy (non-hydrogen) atoms. The summed E-state index contributed by atoms with van der Waals surface area (Å²) in [4.78, 5) is 24.4. The van der Waals surface area contributed by atoms with Gasteiger partial charge in [0.2, 0.25) is 0 Å². The summed E-state index contributed by atoms with van der Waals surface area (Å²) < 4.78 is 5.35. The monoisotopic (exact) mass is 288 g/mol. The van der Waals surface area contributed by atoms with E-state index in [0.717, 1.165) is 18.6 Å². The van der Waals surface area contributed by atoms with Crippen molar-refractivity contribution in [2.24, 2.45) is 0 Å². The van der Waals surface area contributed by atoms with Crippen molar-refractivity contribution in [3.05, 3.63) is 0 Å². The summed E-state index contributed by atoms with van der Waals surface area (Å²) in [5, 5.41) is 11.8. The molecule has 0 aromatic carbocycles. The van der Waals surface area contributed by atoms with Gasteiger partial charge in [-0.05, 0) is 18.6 Å². The number of nitrogens with one attached hydrogen (secondary N) is 1. The molecule has 2 fully saturated rings. The summed E-state index contributed by atoms with van der Waals surface area (Å²) >= 11 is 1.86. The number of carboxylic acid groups (broad SMARTS) is 1. The van der Waals surface area contributed by atoms with E-state index in [-0.39, 0.29) is 18.5 Å². The third kappa shape index (κ3) is 4.58. The van der Waals surface area contributed by atoms with Gasteiger partial charge in [0.05, 0.1) is 19.1 Å². The number of amides is 2. The predicted molar refractivity (Wildman–Crippen MR) is 72.4 cm³/mol. The van der Waals surface area contributed by atoms with Crippen LogP contribution in [0.1, 0.15) is 19.3 Å². The second-order valence-electron chi connectivity index (χ2n) is 4.90. The zero-order chi connectivity index (χ0) is 13.7. The lowest BCUT2D eigenvalue weighted by atomic mass is 10.2. The number of thioether (sulfide) groups is 1.